The Labute approximate surface area is 119 Å². The maximum absolute atomic E-state index is 11.8. The van der Waals surface area contributed by atoms with E-state index in [-0.39, 0.29) is 52.8 Å². The van der Waals surface area contributed by atoms with Crippen LogP contribution in [0.2, 0.25) is 0 Å². The zero-order chi connectivity index (χ0) is 11.1. The number of aliphatic carboxylic acids is 1. The van der Waals surface area contributed by atoms with Crippen molar-refractivity contribution in [3.05, 3.63) is 0 Å². The smallest absolute Gasteiger partial charge is 1.00 e. The number of hydrogen-bond donors (Lipinski definition) is 1. The van der Waals surface area contributed by atoms with Crippen molar-refractivity contribution in [2.75, 3.05) is 0 Å². The first-order valence-corrected chi connectivity index (χ1v) is 2.81. The van der Waals surface area contributed by atoms with Crippen molar-refractivity contribution in [1.29, 1.82) is 0 Å². The third-order valence-electron chi connectivity index (χ3n) is 1.56. The number of carboxylic acid groups (broad SMARTS) is 1. The number of rotatable bonds is 1. The van der Waals surface area contributed by atoms with E-state index in [4.69, 9.17) is 5.11 Å². The minimum Gasteiger partial charge on any atom is -1.00 e. The van der Waals surface area contributed by atoms with Crippen LogP contribution in [-0.4, -0.2) is 23.4 Å². The quantitative estimate of drug-likeness (QED) is 0.494. The molecule has 0 unspecified atom stereocenters. The summed E-state index contributed by atoms with van der Waals surface area (Å²) >= 11 is 0. The Hall–Kier alpha value is 0.686. The molecule has 0 aliphatic heterocycles. The third kappa shape index (κ3) is 2.84. The summed E-state index contributed by atoms with van der Waals surface area (Å²) in [4.78, 5) is 9.87. The molecule has 0 aromatic rings. The van der Waals surface area contributed by atoms with Crippen LogP contribution in [-0.2, 0) is 4.79 Å². The van der Waals surface area contributed by atoms with E-state index in [0.717, 1.165) is 0 Å². The minimum absolute atomic E-state index is 0. The summed E-state index contributed by atoms with van der Waals surface area (Å²) in [7, 11) is 0. The van der Waals surface area contributed by atoms with Crippen molar-refractivity contribution < 1.29 is 89.1 Å². The molecule has 0 aromatic heterocycles. The van der Waals surface area contributed by atoms with Gasteiger partial charge in [-0.15, -0.1) is 0 Å². The second kappa shape index (κ2) is 4.68. The maximum Gasteiger partial charge on any atom is 1.00 e. The van der Waals surface area contributed by atoms with E-state index in [9.17, 15) is 31.1 Å². The minimum atomic E-state index is -5.86. The van der Waals surface area contributed by atoms with Gasteiger partial charge in [0.15, 0.2) is 0 Å². The maximum atomic E-state index is 11.8. The molecule has 0 atom stereocenters. The summed E-state index contributed by atoms with van der Waals surface area (Å²) < 4.78 is 70.5. The van der Waals surface area contributed by atoms with Crippen LogP contribution in [0.25, 0.3) is 0 Å². The van der Waals surface area contributed by atoms with Gasteiger partial charge in [-0.25, -0.2) is 0 Å². The molecule has 0 fully saturated rings. The van der Waals surface area contributed by atoms with E-state index in [1.54, 1.807) is 0 Å². The molecular weight excluding hydrogens is 245 g/mol. The largest absolute Gasteiger partial charge is 1.00 e. The second-order valence-corrected chi connectivity index (χ2v) is 2.43. The van der Waals surface area contributed by atoms with Gasteiger partial charge in [-0.2, -0.15) is 26.3 Å². The molecule has 0 radical (unpaired) electrons. The Morgan fingerprint density at radius 3 is 1.29 bits per heavy atom. The average Bonchev–Trinajstić information content (AvgIpc) is 1.80. The molecule has 0 saturated heterocycles. The normalized spacial score (nSPS) is 13.4. The van der Waals surface area contributed by atoms with Gasteiger partial charge in [0.2, 0.25) is 0 Å². The average molecular weight is 250 g/mol. The standard InChI is InChI=1S/C5H4F6O2.K.H/c1-3(2(12)13,4(6,7)8)5(9,10)11;;/h1H3,(H,12,13);;/q;+1;-1. The van der Waals surface area contributed by atoms with Gasteiger partial charge in [0.05, 0.1) is 0 Å². The van der Waals surface area contributed by atoms with Crippen LogP contribution in [0.5, 0.6) is 0 Å². The predicted octanol–water partition coefficient (Wildman–Crippen LogP) is -0.682. The predicted molar refractivity (Wildman–Crippen MR) is 29.0 cm³/mol. The summed E-state index contributed by atoms with van der Waals surface area (Å²) in [6, 6.07) is 0. The summed E-state index contributed by atoms with van der Waals surface area (Å²) in [6.07, 6.45) is -11.7. The number of carboxylic acids is 1. The van der Waals surface area contributed by atoms with Crippen molar-refractivity contribution >= 4 is 5.97 Å². The SMILES string of the molecule is CC(C(=O)O)(C(F)(F)F)C(F)(F)F.[H-].[K+]. The Morgan fingerprint density at radius 2 is 1.29 bits per heavy atom. The fraction of sp³-hybridized carbons (Fsp3) is 0.800. The van der Waals surface area contributed by atoms with E-state index in [0.29, 0.717) is 0 Å². The number of halogens is 6. The van der Waals surface area contributed by atoms with E-state index in [2.05, 4.69) is 0 Å². The van der Waals surface area contributed by atoms with Gasteiger partial charge in [-0.1, -0.05) is 0 Å². The van der Waals surface area contributed by atoms with Gasteiger partial charge in [-0.3, -0.25) is 4.79 Å². The van der Waals surface area contributed by atoms with Crippen molar-refractivity contribution in [3.63, 3.8) is 0 Å². The molecule has 0 rings (SSSR count). The van der Waals surface area contributed by atoms with Crippen molar-refractivity contribution in [2.24, 2.45) is 5.41 Å². The number of alkyl halides is 6. The zero-order valence-corrected chi connectivity index (χ0v) is 10.2. The molecule has 0 heterocycles. The number of carbonyl (C=O) groups is 1. The zero-order valence-electron chi connectivity index (χ0n) is 8.12. The van der Waals surface area contributed by atoms with E-state index >= 15 is 0 Å². The topological polar surface area (TPSA) is 37.3 Å². The third-order valence-corrected chi connectivity index (χ3v) is 1.56. The van der Waals surface area contributed by atoms with Gasteiger partial charge in [0, 0.05) is 0 Å². The van der Waals surface area contributed by atoms with Crippen LogP contribution in [0.15, 0.2) is 0 Å². The Balaban J connectivity index is -0.000000720. The molecule has 2 nitrogen and oxygen atoms in total. The first-order valence-electron chi connectivity index (χ1n) is 2.81. The van der Waals surface area contributed by atoms with Crippen molar-refractivity contribution in [3.8, 4) is 0 Å². The van der Waals surface area contributed by atoms with Crippen LogP contribution in [0.1, 0.15) is 8.35 Å². The molecule has 80 valence electrons. The molecule has 0 aliphatic rings. The van der Waals surface area contributed by atoms with Crippen LogP contribution in [0.3, 0.4) is 0 Å². The van der Waals surface area contributed by atoms with Crippen LogP contribution in [0, 0.1) is 5.41 Å². The van der Waals surface area contributed by atoms with Gasteiger partial charge in [0.1, 0.15) is 0 Å². The Morgan fingerprint density at radius 1 is 1.07 bits per heavy atom. The first-order chi connectivity index (χ1) is 5.44. The molecule has 1 N–H and O–H groups in total. The van der Waals surface area contributed by atoms with Gasteiger partial charge in [-0.05, 0) is 6.92 Å². The van der Waals surface area contributed by atoms with Crippen molar-refractivity contribution in [2.45, 2.75) is 19.3 Å². The fourth-order valence-electron chi connectivity index (χ4n) is 0.403. The Kier molecular flexibility index (Phi) is 5.72. The van der Waals surface area contributed by atoms with Gasteiger partial charge >= 0.3 is 69.7 Å². The summed E-state index contributed by atoms with van der Waals surface area (Å²) in [5, 5.41) is 7.86. The molecule has 9 heteroatoms. The molecule has 0 bridgehead atoms. The van der Waals surface area contributed by atoms with E-state index < -0.39 is 30.7 Å². The van der Waals surface area contributed by atoms with Crippen LogP contribution < -0.4 is 51.4 Å². The molecule has 0 aromatic carbocycles. The molecular formula is C5H5F6KO2. The van der Waals surface area contributed by atoms with Gasteiger partial charge in [0.25, 0.3) is 5.41 Å². The summed E-state index contributed by atoms with van der Waals surface area (Å²) in [5.41, 5.74) is -4.71. The summed E-state index contributed by atoms with van der Waals surface area (Å²) in [6.45, 7) is -0.421. The number of hydrogen-bond acceptors (Lipinski definition) is 1. The molecule has 0 amide bonds. The van der Waals surface area contributed by atoms with Gasteiger partial charge < -0.3 is 6.53 Å². The van der Waals surface area contributed by atoms with E-state index in [1.165, 1.54) is 0 Å². The Bertz CT molecular complexity index is 211. The van der Waals surface area contributed by atoms with Crippen LogP contribution >= 0.6 is 0 Å². The molecule has 0 spiro atoms. The fourth-order valence-corrected chi connectivity index (χ4v) is 0.403. The monoisotopic (exact) mass is 250 g/mol. The molecule has 0 saturated carbocycles. The van der Waals surface area contributed by atoms with Crippen LogP contribution in [0.4, 0.5) is 26.3 Å². The summed E-state index contributed by atoms with van der Waals surface area (Å²) in [5.74, 6) is -2.97. The van der Waals surface area contributed by atoms with Crippen molar-refractivity contribution in [1.82, 2.24) is 0 Å². The second-order valence-electron chi connectivity index (χ2n) is 2.43. The first kappa shape index (κ1) is 17.1. The molecule has 14 heavy (non-hydrogen) atoms. The van der Waals surface area contributed by atoms with E-state index in [1.807, 2.05) is 0 Å². The molecule has 0 aliphatic carbocycles.